The molecule has 96 valence electrons. The van der Waals surface area contributed by atoms with E-state index in [1.165, 1.54) is 19.3 Å². The lowest BCUT2D eigenvalue weighted by atomic mass is 9.79. The molecule has 4 unspecified atom stereocenters. The molecule has 0 radical (unpaired) electrons. The van der Waals surface area contributed by atoms with Gasteiger partial charge >= 0.3 is 0 Å². The van der Waals surface area contributed by atoms with Crippen LogP contribution in [0.25, 0.3) is 0 Å². The summed E-state index contributed by atoms with van der Waals surface area (Å²) in [5.74, 6) is 1.50. The van der Waals surface area contributed by atoms with Crippen LogP contribution in [-0.2, 0) is 4.74 Å². The average Bonchev–Trinajstić information content (AvgIpc) is 2.23. The van der Waals surface area contributed by atoms with Crippen LogP contribution in [0.5, 0.6) is 0 Å². The fraction of sp³-hybridized carbons (Fsp3) is 1.00. The van der Waals surface area contributed by atoms with Gasteiger partial charge in [0.25, 0.3) is 0 Å². The van der Waals surface area contributed by atoms with Crippen molar-refractivity contribution < 1.29 is 4.74 Å². The van der Waals surface area contributed by atoms with E-state index in [1.807, 2.05) is 0 Å². The zero-order valence-electron chi connectivity index (χ0n) is 11.3. The van der Waals surface area contributed by atoms with Crippen LogP contribution in [0.1, 0.15) is 33.1 Å². The van der Waals surface area contributed by atoms with Gasteiger partial charge in [0, 0.05) is 25.7 Å². The predicted molar refractivity (Wildman–Crippen MR) is 68.4 cm³/mol. The third kappa shape index (κ3) is 4.04. The number of rotatable bonds is 5. The molecule has 0 aliphatic heterocycles. The van der Waals surface area contributed by atoms with Crippen LogP contribution in [-0.4, -0.2) is 44.3 Å². The fourth-order valence-corrected chi connectivity index (χ4v) is 2.65. The van der Waals surface area contributed by atoms with E-state index in [9.17, 15) is 0 Å². The minimum atomic E-state index is 0.397. The molecule has 3 nitrogen and oxygen atoms in total. The Morgan fingerprint density at radius 2 is 2.12 bits per heavy atom. The molecule has 0 aromatic carbocycles. The largest absolute Gasteiger partial charge is 0.383 e. The lowest BCUT2D eigenvalue weighted by molar-refractivity contribution is 0.0911. The van der Waals surface area contributed by atoms with Crippen LogP contribution >= 0.6 is 0 Å². The highest BCUT2D eigenvalue weighted by Crippen LogP contribution is 2.28. The van der Waals surface area contributed by atoms with Crippen LogP contribution in [0.2, 0.25) is 0 Å². The first kappa shape index (κ1) is 13.9. The van der Waals surface area contributed by atoms with E-state index >= 15 is 0 Å². The number of nitrogens with zero attached hydrogens (tertiary/aromatic N) is 1. The lowest BCUT2D eigenvalue weighted by Crippen LogP contribution is -2.44. The topological polar surface area (TPSA) is 38.5 Å². The molecule has 0 saturated heterocycles. The molecule has 16 heavy (non-hydrogen) atoms. The minimum Gasteiger partial charge on any atom is -0.383 e. The Morgan fingerprint density at radius 1 is 1.44 bits per heavy atom. The van der Waals surface area contributed by atoms with Crippen molar-refractivity contribution in [2.45, 2.75) is 45.2 Å². The predicted octanol–water partition coefficient (Wildman–Crippen LogP) is 1.72. The minimum absolute atomic E-state index is 0.397. The normalized spacial score (nSPS) is 33.0. The molecule has 1 saturated carbocycles. The molecule has 3 heteroatoms. The molecule has 0 aromatic heterocycles. The highest BCUT2D eigenvalue weighted by Gasteiger charge is 2.27. The third-order valence-electron chi connectivity index (χ3n) is 3.99. The molecule has 1 aliphatic rings. The maximum atomic E-state index is 6.21. The monoisotopic (exact) mass is 228 g/mol. The van der Waals surface area contributed by atoms with E-state index in [2.05, 4.69) is 25.8 Å². The van der Waals surface area contributed by atoms with Crippen molar-refractivity contribution in [3.05, 3.63) is 0 Å². The second kappa shape index (κ2) is 6.58. The van der Waals surface area contributed by atoms with E-state index in [4.69, 9.17) is 10.5 Å². The van der Waals surface area contributed by atoms with Gasteiger partial charge < -0.3 is 15.4 Å². The first-order chi connectivity index (χ1) is 7.54. The Labute approximate surface area is 100 Å². The molecule has 0 amide bonds. The second-order valence-electron chi connectivity index (χ2n) is 5.59. The summed E-state index contributed by atoms with van der Waals surface area (Å²) in [5.41, 5.74) is 6.21. The Hall–Kier alpha value is -0.120. The third-order valence-corrected chi connectivity index (χ3v) is 3.99. The number of methoxy groups -OCH3 is 1. The Balaban J connectivity index is 2.39. The number of likely N-dealkylation sites (N-methyl/N-ethyl adjacent to an activating group) is 1. The van der Waals surface area contributed by atoms with Crippen LogP contribution in [0.4, 0.5) is 0 Å². The summed E-state index contributed by atoms with van der Waals surface area (Å²) >= 11 is 0. The van der Waals surface area contributed by atoms with Crippen molar-refractivity contribution >= 4 is 0 Å². The zero-order chi connectivity index (χ0) is 12.1. The van der Waals surface area contributed by atoms with Crippen molar-refractivity contribution in [3.8, 4) is 0 Å². The standard InChI is InChI=1S/C13H28N2O/c1-10-5-6-13(14)12(7-10)8-15(3)11(2)9-16-4/h10-13H,5-9,14H2,1-4H3. The Morgan fingerprint density at radius 3 is 2.75 bits per heavy atom. The van der Waals surface area contributed by atoms with Crippen molar-refractivity contribution in [1.82, 2.24) is 4.90 Å². The van der Waals surface area contributed by atoms with Gasteiger partial charge in [-0.05, 0) is 45.1 Å². The molecule has 0 aromatic rings. The Kier molecular flexibility index (Phi) is 5.73. The van der Waals surface area contributed by atoms with Gasteiger partial charge in [-0.3, -0.25) is 0 Å². The maximum absolute atomic E-state index is 6.21. The van der Waals surface area contributed by atoms with E-state index in [1.54, 1.807) is 7.11 Å². The summed E-state index contributed by atoms with van der Waals surface area (Å²) in [6.07, 6.45) is 3.78. The van der Waals surface area contributed by atoms with Gasteiger partial charge in [-0.2, -0.15) is 0 Å². The molecule has 0 spiro atoms. The summed E-state index contributed by atoms with van der Waals surface area (Å²) in [7, 11) is 3.94. The number of nitrogens with two attached hydrogens (primary N) is 1. The zero-order valence-corrected chi connectivity index (χ0v) is 11.3. The van der Waals surface area contributed by atoms with Crippen LogP contribution < -0.4 is 5.73 Å². The summed E-state index contributed by atoms with van der Waals surface area (Å²) < 4.78 is 5.19. The lowest BCUT2D eigenvalue weighted by Gasteiger charge is -2.36. The number of ether oxygens (including phenoxy) is 1. The van der Waals surface area contributed by atoms with Crippen LogP contribution in [0.15, 0.2) is 0 Å². The van der Waals surface area contributed by atoms with Gasteiger partial charge in [0.05, 0.1) is 6.61 Å². The van der Waals surface area contributed by atoms with Crippen molar-refractivity contribution in [2.24, 2.45) is 17.6 Å². The summed E-state index contributed by atoms with van der Waals surface area (Å²) in [5, 5.41) is 0. The smallest absolute Gasteiger partial charge is 0.0615 e. The van der Waals surface area contributed by atoms with E-state index in [0.29, 0.717) is 18.0 Å². The summed E-state index contributed by atoms with van der Waals surface area (Å²) in [6, 6.07) is 0.878. The molecular formula is C13H28N2O. The first-order valence-electron chi connectivity index (χ1n) is 6.49. The van der Waals surface area contributed by atoms with E-state index in [-0.39, 0.29) is 0 Å². The summed E-state index contributed by atoms with van der Waals surface area (Å²) in [6.45, 7) is 6.46. The molecule has 1 fully saturated rings. The van der Waals surface area contributed by atoms with Crippen molar-refractivity contribution in [1.29, 1.82) is 0 Å². The number of hydrogen-bond donors (Lipinski definition) is 1. The molecule has 4 atom stereocenters. The van der Waals surface area contributed by atoms with Gasteiger partial charge in [-0.1, -0.05) is 6.92 Å². The van der Waals surface area contributed by atoms with Crippen molar-refractivity contribution in [2.75, 3.05) is 27.3 Å². The highest BCUT2D eigenvalue weighted by atomic mass is 16.5. The molecule has 2 N–H and O–H groups in total. The Bertz CT molecular complexity index is 198. The average molecular weight is 228 g/mol. The van der Waals surface area contributed by atoms with Crippen LogP contribution in [0, 0.1) is 11.8 Å². The summed E-state index contributed by atoms with van der Waals surface area (Å²) in [4.78, 5) is 2.38. The molecular weight excluding hydrogens is 200 g/mol. The highest BCUT2D eigenvalue weighted by molar-refractivity contribution is 4.83. The van der Waals surface area contributed by atoms with Gasteiger partial charge in [0.15, 0.2) is 0 Å². The second-order valence-corrected chi connectivity index (χ2v) is 5.59. The molecule has 1 rings (SSSR count). The van der Waals surface area contributed by atoms with Crippen molar-refractivity contribution in [3.63, 3.8) is 0 Å². The fourth-order valence-electron chi connectivity index (χ4n) is 2.65. The van der Waals surface area contributed by atoms with Gasteiger partial charge in [0.2, 0.25) is 0 Å². The molecule has 0 bridgehead atoms. The van der Waals surface area contributed by atoms with Gasteiger partial charge in [-0.15, -0.1) is 0 Å². The first-order valence-corrected chi connectivity index (χ1v) is 6.49. The SMILES string of the molecule is COCC(C)N(C)CC1CC(C)CCC1N. The number of hydrogen-bond acceptors (Lipinski definition) is 3. The van der Waals surface area contributed by atoms with E-state index in [0.717, 1.165) is 19.1 Å². The van der Waals surface area contributed by atoms with Gasteiger partial charge in [-0.25, -0.2) is 0 Å². The van der Waals surface area contributed by atoms with E-state index < -0.39 is 0 Å². The van der Waals surface area contributed by atoms with Crippen LogP contribution in [0.3, 0.4) is 0 Å². The quantitative estimate of drug-likeness (QED) is 0.778. The molecule has 1 aliphatic carbocycles. The molecule has 0 heterocycles. The van der Waals surface area contributed by atoms with Gasteiger partial charge in [0.1, 0.15) is 0 Å². The maximum Gasteiger partial charge on any atom is 0.0615 e.